The number of alkyl halides is 3. The number of rotatable bonds is 3. The zero-order valence-corrected chi connectivity index (χ0v) is 10.9. The average Bonchev–Trinajstić information content (AvgIpc) is 2.65. The molecule has 0 radical (unpaired) electrons. The van der Waals surface area contributed by atoms with Crippen LogP contribution < -0.4 is 0 Å². The predicted molar refractivity (Wildman–Crippen MR) is 66.9 cm³/mol. The first kappa shape index (κ1) is 14.4. The van der Waals surface area contributed by atoms with E-state index in [2.05, 4.69) is 6.58 Å². The van der Waals surface area contributed by atoms with Gasteiger partial charge >= 0.3 is 12.3 Å². The fourth-order valence-electron chi connectivity index (χ4n) is 2.12. The monoisotopic (exact) mass is 285 g/mol. The Bertz CT molecular complexity index is 527. The molecule has 3 nitrogen and oxygen atoms in total. The second-order valence-electron chi connectivity index (χ2n) is 4.65. The molecule has 2 rings (SSSR count). The fourth-order valence-corrected chi connectivity index (χ4v) is 2.12. The van der Waals surface area contributed by atoms with Gasteiger partial charge < -0.3 is 4.74 Å². The van der Waals surface area contributed by atoms with E-state index in [-0.39, 0.29) is 12.6 Å². The molecule has 1 aliphatic heterocycles. The van der Waals surface area contributed by atoms with E-state index >= 15 is 0 Å². The van der Waals surface area contributed by atoms with Crippen LogP contribution in [-0.2, 0) is 17.5 Å². The summed E-state index contributed by atoms with van der Waals surface area (Å²) in [6.07, 6.45) is -3.86. The maximum atomic E-state index is 12.6. The molecular weight excluding hydrogens is 271 g/mol. The lowest BCUT2D eigenvalue weighted by molar-refractivity contribution is -0.137. The summed E-state index contributed by atoms with van der Waals surface area (Å²) in [4.78, 5) is 13.1. The molecule has 0 bridgehead atoms. The van der Waals surface area contributed by atoms with E-state index in [9.17, 15) is 18.0 Å². The van der Waals surface area contributed by atoms with Gasteiger partial charge in [-0.1, -0.05) is 18.7 Å². The second kappa shape index (κ2) is 5.19. The van der Waals surface area contributed by atoms with Crippen molar-refractivity contribution in [1.82, 2.24) is 4.90 Å². The third-order valence-corrected chi connectivity index (χ3v) is 3.28. The standard InChI is InChI=1S/C14H14F3NO2/c1-3-12-9(2)18(13(19)20-12)8-10-5-4-6-11(7-10)14(15,16)17/h3-7,9,12H,1,8H2,2H3/t9-,12-/m1/s1. The Kier molecular flexibility index (Phi) is 3.74. The molecule has 0 unspecified atom stereocenters. The first-order valence-electron chi connectivity index (χ1n) is 6.09. The molecule has 1 fully saturated rings. The van der Waals surface area contributed by atoms with Crippen LogP contribution in [0.15, 0.2) is 36.9 Å². The van der Waals surface area contributed by atoms with Gasteiger partial charge in [0.15, 0.2) is 0 Å². The smallest absolute Gasteiger partial charge is 0.416 e. The number of nitrogens with zero attached hydrogens (tertiary/aromatic N) is 1. The molecule has 20 heavy (non-hydrogen) atoms. The van der Waals surface area contributed by atoms with Gasteiger partial charge in [-0.15, -0.1) is 0 Å². The van der Waals surface area contributed by atoms with Gasteiger partial charge in [0.25, 0.3) is 0 Å². The van der Waals surface area contributed by atoms with Crippen LogP contribution in [0.5, 0.6) is 0 Å². The van der Waals surface area contributed by atoms with Crippen LogP contribution in [0.3, 0.4) is 0 Å². The Morgan fingerprint density at radius 3 is 2.70 bits per heavy atom. The Morgan fingerprint density at radius 1 is 1.45 bits per heavy atom. The van der Waals surface area contributed by atoms with E-state index in [1.54, 1.807) is 13.0 Å². The maximum absolute atomic E-state index is 12.6. The van der Waals surface area contributed by atoms with Gasteiger partial charge in [0, 0.05) is 6.54 Å². The largest absolute Gasteiger partial charge is 0.440 e. The molecule has 1 aromatic rings. The van der Waals surface area contributed by atoms with Crippen LogP contribution in [-0.4, -0.2) is 23.1 Å². The lowest BCUT2D eigenvalue weighted by Gasteiger charge is -2.20. The molecule has 1 saturated heterocycles. The number of ether oxygens (including phenoxy) is 1. The maximum Gasteiger partial charge on any atom is 0.416 e. The van der Waals surface area contributed by atoms with Crippen molar-refractivity contribution in [3.63, 3.8) is 0 Å². The summed E-state index contributed by atoms with van der Waals surface area (Å²) >= 11 is 0. The minimum atomic E-state index is -4.39. The molecule has 0 aliphatic carbocycles. The summed E-state index contributed by atoms with van der Waals surface area (Å²) in [6, 6.07) is 4.67. The van der Waals surface area contributed by atoms with Gasteiger partial charge in [0.2, 0.25) is 0 Å². The molecule has 1 heterocycles. The lowest BCUT2D eigenvalue weighted by Crippen LogP contribution is -2.33. The van der Waals surface area contributed by atoms with E-state index in [0.29, 0.717) is 5.56 Å². The van der Waals surface area contributed by atoms with Crippen molar-refractivity contribution in [2.45, 2.75) is 31.8 Å². The number of amides is 1. The number of carbonyl (C=O) groups excluding carboxylic acids is 1. The second-order valence-corrected chi connectivity index (χ2v) is 4.65. The van der Waals surface area contributed by atoms with E-state index in [1.807, 2.05) is 0 Å². The van der Waals surface area contributed by atoms with Crippen LogP contribution in [0, 0.1) is 0 Å². The van der Waals surface area contributed by atoms with Crippen molar-refractivity contribution in [3.8, 4) is 0 Å². The molecule has 1 aliphatic rings. The van der Waals surface area contributed by atoms with E-state index in [0.717, 1.165) is 12.1 Å². The van der Waals surface area contributed by atoms with Crippen LogP contribution in [0.2, 0.25) is 0 Å². The van der Waals surface area contributed by atoms with Crippen molar-refractivity contribution in [2.75, 3.05) is 0 Å². The highest BCUT2D eigenvalue weighted by atomic mass is 19.4. The summed E-state index contributed by atoms with van der Waals surface area (Å²) in [5.41, 5.74) is -0.316. The first-order chi connectivity index (χ1) is 9.32. The summed E-state index contributed by atoms with van der Waals surface area (Å²) in [7, 11) is 0. The van der Waals surface area contributed by atoms with Crippen molar-refractivity contribution >= 4 is 6.09 Å². The third kappa shape index (κ3) is 2.79. The Hall–Kier alpha value is -1.98. The average molecular weight is 285 g/mol. The number of benzene rings is 1. The molecule has 6 heteroatoms. The molecule has 0 aromatic heterocycles. The van der Waals surface area contributed by atoms with Crippen molar-refractivity contribution in [3.05, 3.63) is 48.0 Å². The van der Waals surface area contributed by atoms with Crippen LogP contribution in [0.1, 0.15) is 18.1 Å². The highest BCUT2D eigenvalue weighted by Gasteiger charge is 2.37. The lowest BCUT2D eigenvalue weighted by atomic mass is 10.1. The normalized spacial score (nSPS) is 22.8. The minimum Gasteiger partial charge on any atom is -0.440 e. The summed E-state index contributed by atoms with van der Waals surface area (Å²) in [5.74, 6) is 0. The van der Waals surface area contributed by atoms with Gasteiger partial charge in [0.1, 0.15) is 6.10 Å². The zero-order valence-electron chi connectivity index (χ0n) is 10.9. The number of hydrogen-bond acceptors (Lipinski definition) is 2. The topological polar surface area (TPSA) is 29.5 Å². The molecular formula is C14H14F3NO2. The summed E-state index contributed by atoms with van der Waals surface area (Å²) < 4.78 is 43.0. The third-order valence-electron chi connectivity index (χ3n) is 3.28. The van der Waals surface area contributed by atoms with Gasteiger partial charge in [-0.25, -0.2) is 4.79 Å². The van der Waals surface area contributed by atoms with Crippen LogP contribution >= 0.6 is 0 Å². The van der Waals surface area contributed by atoms with Gasteiger partial charge in [0.05, 0.1) is 11.6 Å². The molecule has 2 atom stereocenters. The molecule has 108 valence electrons. The number of halogens is 3. The minimum absolute atomic E-state index is 0.0776. The molecule has 1 aromatic carbocycles. The van der Waals surface area contributed by atoms with E-state index in [4.69, 9.17) is 4.74 Å². The molecule has 0 spiro atoms. The van der Waals surface area contributed by atoms with Crippen molar-refractivity contribution in [1.29, 1.82) is 0 Å². The molecule has 0 N–H and O–H groups in total. The summed E-state index contributed by atoms with van der Waals surface area (Å²) in [6.45, 7) is 5.41. The van der Waals surface area contributed by atoms with Crippen LogP contribution in [0.25, 0.3) is 0 Å². The number of carbonyl (C=O) groups is 1. The van der Waals surface area contributed by atoms with E-state index in [1.165, 1.54) is 17.0 Å². The van der Waals surface area contributed by atoms with E-state index < -0.39 is 23.9 Å². The van der Waals surface area contributed by atoms with Gasteiger partial charge in [-0.2, -0.15) is 13.2 Å². The first-order valence-corrected chi connectivity index (χ1v) is 6.09. The zero-order chi connectivity index (χ0) is 14.9. The molecule has 1 amide bonds. The highest BCUT2D eigenvalue weighted by molar-refractivity contribution is 5.71. The van der Waals surface area contributed by atoms with Crippen molar-refractivity contribution in [2.24, 2.45) is 0 Å². The SMILES string of the molecule is C=C[C@H]1OC(=O)N(Cc2cccc(C(F)(F)F)c2)[C@@H]1C. The van der Waals surface area contributed by atoms with Crippen molar-refractivity contribution < 1.29 is 22.7 Å². The Labute approximate surface area is 114 Å². The van der Waals surface area contributed by atoms with Crippen LogP contribution in [0.4, 0.5) is 18.0 Å². The fraction of sp³-hybridized carbons (Fsp3) is 0.357. The van der Waals surface area contributed by atoms with Gasteiger partial charge in [-0.3, -0.25) is 4.90 Å². The quantitative estimate of drug-likeness (QED) is 0.794. The Morgan fingerprint density at radius 2 is 2.15 bits per heavy atom. The van der Waals surface area contributed by atoms with Gasteiger partial charge in [-0.05, 0) is 30.7 Å². The summed E-state index contributed by atoms with van der Waals surface area (Å²) in [5, 5.41) is 0. The number of hydrogen-bond donors (Lipinski definition) is 0. The highest BCUT2D eigenvalue weighted by Crippen LogP contribution is 2.30. The molecule has 0 saturated carbocycles. The number of cyclic esters (lactones) is 1. The predicted octanol–water partition coefficient (Wildman–Crippen LogP) is 3.60. The Balaban J connectivity index is 2.18.